The fourth-order valence-electron chi connectivity index (χ4n) is 1.47. The number of hydrogen-bond acceptors (Lipinski definition) is 5. The molecule has 0 aromatic heterocycles. The number of carbonyl (C=O) groups is 1. The van der Waals surface area contributed by atoms with Crippen LogP contribution in [0, 0.1) is 0 Å². The van der Waals surface area contributed by atoms with E-state index >= 15 is 0 Å². The number of carbonyl (C=O) groups excluding carboxylic acids is 1. The summed E-state index contributed by atoms with van der Waals surface area (Å²) in [6.45, 7) is 1.67. The number of ether oxygens (including phenoxy) is 2. The van der Waals surface area contributed by atoms with Crippen LogP contribution in [-0.4, -0.2) is 57.8 Å². The van der Waals surface area contributed by atoms with Crippen molar-refractivity contribution in [3.8, 4) is 5.75 Å². The van der Waals surface area contributed by atoms with Crippen LogP contribution in [0.25, 0.3) is 0 Å². The molecule has 0 saturated heterocycles. The maximum absolute atomic E-state index is 11.7. The molecule has 0 aliphatic heterocycles. The largest absolute Gasteiger partial charge is 0.492 e. The van der Waals surface area contributed by atoms with E-state index in [0.717, 1.165) is 12.3 Å². The number of likely N-dealkylation sites (N-methyl/N-ethyl adjacent to an activating group) is 1. The molecule has 0 saturated carbocycles. The molecule has 0 heterocycles. The van der Waals surface area contributed by atoms with Crippen molar-refractivity contribution in [1.29, 1.82) is 0 Å². The molecule has 0 fully saturated rings. The van der Waals surface area contributed by atoms with Crippen molar-refractivity contribution in [2.24, 2.45) is 5.73 Å². The number of nitrogens with zero attached hydrogens (tertiary/aromatic N) is 1. The maximum atomic E-state index is 11.7. The summed E-state index contributed by atoms with van der Waals surface area (Å²) in [7, 11) is 5.49. The van der Waals surface area contributed by atoms with Crippen LogP contribution in [0.3, 0.4) is 0 Å². The molecule has 1 unspecified atom stereocenters. The average Bonchev–Trinajstić information content (AvgIpc) is 2.40. The number of anilines is 1. The van der Waals surface area contributed by atoms with Crippen molar-refractivity contribution in [2.45, 2.75) is 6.04 Å². The van der Waals surface area contributed by atoms with Crippen LogP contribution in [0.4, 0.5) is 5.69 Å². The Bertz CT molecular complexity index is 416. The molecule has 1 aromatic rings. The number of hydrogen-bond donors (Lipinski definition) is 2. The number of benzene rings is 1. The minimum absolute atomic E-state index is 0. The van der Waals surface area contributed by atoms with Gasteiger partial charge in [-0.15, -0.1) is 24.8 Å². The van der Waals surface area contributed by atoms with Gasteiger partial charge >= 0.3 is 0 Å². The van der Waals surface area contributed by atoms with E-state index in [4.69, 9.17) is 15.2 Å². The number of nitrogens with two attached hydrogens (primary N) is 1. The minimum Gasteiger partial charge on any atom is -0.492 e. The lowest BCUT2D eigenvalue weighted by Gasteiger charge is -2.13. The number of rotatable bonds is 8. The van der Waals surface area contributed by atoms with Gasteiger partial charge in [0.1, 0.15) is 18.4 Å². The molecule has 3 N–H and O–H groups in total. The summed E-state index contributed by atoms with van der Waals surface area (Å²) in [6.07, 6.45) is 0. The summed E-state index contributed by atoms with van der Waals surface area (Å²) in [5.41, 5.74) is 6.32. The molecule has 0 spiro atoms. The van der Waals surface area contributed by atoms with Gasteiger partial charge in [-0.25, -0.2) is 0 Å². The third-order valence-corrected chi connectivity index (χ3v) is 2.61. The minimum atomic E-state index is -0.670. The van der Waals surface area contributed by atoms with Crippen molar-refractivity contribution < 1.29 is 14.3 Å². The Kier molecular flexibility index (Phi) is 13.2. The maximum Gasteiger partial charge on any atom is 0.243 e. The second-order valence-corrected chi connectivity index (χ2v) is 4.73. The molecule has 0 radical (unpaired) electrons. The van der Waals surface area contributed by atoms with Crippen molar-refractivity contribution in [3.63, 3.8) is 0 Å². The number of methoxy groups -OCH3 is 1. The molecule has 128 valence electrons. The van der Waals surface area contributed by atoms with E-state index < -0.39 is 6.04 Å². The molecule has 0 aliphatic rings. The van der Waals surface area contributed by atoms with Gasteiger partial charge in [-0.05, 0) is 38.4 Å². The normalized spacial score (nSPS) is 11.1. The van der Waals surface area contributed by atoms with Gasteiger partial charge in [0, 0.05) is 19.3 Å². The lowest BCUT2D eigenvalue weighted by Crippen LogP contribution is -2.39. The highest BCUT2D eigenvalue weighted by Gasteiger charge is 2.12. The van der Waals surface area contributed by atoms with Crippen molar-refractivity contribution >= 4 is 36.4 Å². The fourth-order valence-corrected chi connectivity index (χ4v) is 1.47. The van der Waals surface area contributed by atoms with Crippen LogP contribution >= 0.6 is 24.8 Å². The van der Waals surface area contributed by atoms with E-state index in [-0.39, 0.29) is 37.3 Å². The lowest BCUT2D eigenvalue weighted by molar-refractivity contribution is -0.118. The molecule has 1 atom stereocenters. The van der Waals surface area contributed by atoms with Gasteiger partial charge in [0.15, 0.2) is 0 Å². The predicted octanol–water partition coefficient (Wildman–Crippen LogP) is 1.38. The zero-order valence-corrected chi connectivity index (χ0v) is 14.7. The molecule has 1 aromatic carbocycles. The van der Waals surface area contributed by atoms with Crippen LogP contribution in [0.1, 0.15) is 0 Å². The lowest BCUT2D eigenvalue weighted by atomic mass is 10.2. The van der Waals surface area contributed by atoms with Crippen LogP contribution in [0.5, 0.6) is 5.75 Å². The molecule has 1 amide bonds. The van der Waals surface area contributed by atoms with Gasteiger partial charge in [-0.2, -0.15) is 0 Å². The Morgan fingerprint density at radius 3 is 2.36 bits per heavy atom. The van der Waals surface area contributed by atoms with E-state index in [1.807, 2.05) is 31.1 Å². The van der Waals surface area contributed by atoms with Crippen LogP contribution < -0.4 is 15.8 Å². The van der Waals surface area contributed by atoms with Crippen molar-refractivity contribution in [2.75, 3.05) is 46.3 Å². The van der Waals surface area contributed by atoms with Crippen molar-refractivity contribution in [3.05, 3.63) is 24.3 Å². The van der Waals surface area contributed by atoms with E-state index in [1.54, 1.807) is 12.1 Å². The molecule has 6 nitrogen and oxygen atoms in total. The highest BCUT2D eigenvalue weighted by molar-refractivity contribution is 5.94. The van der Waals surface area contributed by atoms with Crippen LogP contribution in [-0.2, 0) is 9.53 Å². The highest BCUT2D eigenvalue weighted by Crippen LogP contribution is 2.15. The fraction of sp³-hybridized carbons (Fsp3) is 0.500. The third-order valence-electron chi connectivity index (χ3n) is 2.61. The van der Waals surface area contributed by atoms with Gasteiger partial charge in [-0.1, -0.05) is 0 Å². The molecule has 8 heteroatoms. The van der Waals surface area contributed by atoms with Gasteiger partial charge in [0.2, 0.25) is 5.91 Å². The molecular weight excluding hydrogens is 329 g/mol. The first-order chi connectivity index (χ1) is 9.52. The summed E-state index contributed by atoms with van der Waals surface area (Å²) in [4.78, 5) is 13.7. The van der Waals surface area contributed by atoms with Gasteiger partial charge in [0.05, 0.1) is 6.61 Å². The number of nitrogens with one attached hydrogen (secondary N) is 1. The molecule has 1 rings (SSSR count). The zero-order chi connectivity index (χ0) is 15.0. The number of amides is 1. The monoisotopic (exact) mass is 353 g/mol. The Balaban J connectivity index is 0. The standard InChI is InChI=1S/C14H23N3O3.2ClH/c1-17(2)8-9-20-12-6-4-11(5-7-12)16-14(18)13(15)10-19-3;;/h4-7,13H,8-10,15H2,1-3H3,(H,16,18);2*1H. The average molecular weight is 354 g/mol. The Hall–Kier alpha value is -1.05. The smallest absolute Gasteiger partial charge is 0.243 e. The quantitative estimate of drug-likeness (QED) is 0.738. The van der Waals surface area contributed by atoms with Crippen molar-refractivity contribution in [1.82, 2.24) is 4.90 Å². The number of halogens is 2. The molecular formula is C14H25Cl2N3O3. The first-order valence-corrected chi connectivity index (χ1v) is 6.46. The topological polar surface area (TPSA) is 76.8 Å². The Morgan fingerprint density at radius 1 is 1.27 bits per heavy atom. The van der Waals surface area contributed by atoms with E-state index in [0.29, 0.717) is 12.3 Å². The van der Waals surface area contributed by atoms with Gasteiger partial charge in [-0.3, -0.25) is 4.79 Å². The van der Waals surface area contributed by atoms with Gasteiger partial charge < -0.3 is 25.4 Å². The highest BCUT2D eigenvalue weighted by atomic mass is 35.5. The summed E-state index contributed by atoms with van der Waals surface area (Å²) in [5, 5.41) is 2.72. The summed E-state index contributed by atoms with van der Waals surface area (Å²) in [6, 6.07) is 6.52. The summed E-state index contributed by atoms with van der Waals surface area (Å²) < 4.78 is 10.4. The molecule has 0 aliphatic carbocycles. The van der Waals surface area contributed by atoms with E-state index in [9.17, 15) is 4.79 Å². The van der Waals surface area contributed by atoms with Gasteiger partial charge in [0.25, 0.3) is 0 Å². The summed E-state index contributed by atoms with van der Waals surface area (Å²) in [5.74, 6) is 0.499. The van der Waals surface area contributed by atoms with Crippen LogP contribution in [0.2, 0.25) is 0 Å². The zero-order valence-electron chi connectivity index (χ0n) is 13.1. The second-order valence-electron chi connectivity index (χ2n) is 4.73. The first-order valence-electron chi connectivity index (χ1n) is 6.46. The van der Waals surface area contributed by atoms with E-state index in [2.05, 4.69) is 5.32 Å². The summed E-state index contributed by atoms with van der Waals surface area (Å²) >= 11 is 0. The second kappa shape index (κ2) is 12.5. The predicted molar refractivity (Wildman–Crippen MR) is 93.5 cm³/mol. The van der Waals surface area contributed by atoms with Crippen LogP contribution in [0.15, 0.2) is 24.3 Å². The molecule has 0 bridgehead atoms. The third kappa shape index (κ3) is 9.07. The van der Waals surface area contributed by atoms with E-state index in [1.165, 1.54) is 7.11 Å². The Morgan fingerprint density at radius 2 is 1.86 bits per heavy atom. The first kappa shape index (κ1) is 23.2. The Labute approximate surface area is 144 Å². The molecule has 22 heavy (non-hydrogen) atoms. The SMILES string of the molecule is COCC(N)C(=O)Nc1ccc(OCCN(C)C)cc1.Cl.Cl.